The van der Waals surface area contributed by atoms with Gasteiger partial charge in [-0.15, -0.1) is 0 Å². The maximum Gasteiger partial charge on any atom is 0.196 e. The highest BCUT2D eigenvalue weighted by Crippen LogP contribution is 2.19. The van der Waals surface area contributed by atoms with Crippen molar-refractivity contribution < 1.29 is 19.0 Å². The molecule has 0 aliphatic heterocycles. The van der Waals surface area contributed by atoms with Gasteiger partial charge in [0.15, 0.2) is 12.1 Å². The highest BCUT2D eigenvalue weighted by Gasteiger charge is 2.10. The van der Waals surface area contributed by atoms with Crippen LogP contribution < -0.4 is 9.47 Å². The fourth-order valence-electron chi connectivity index (χ4n) is 2.23. The van der Waals surface area contributed by atoms with Crippen LogP contribution >= 0.6 is 0 Å². The maximum absolute atomic E-state index is 12.5. The third kappa shape index (κ3) is 5.10. The first-order valence-electron chi connectivity index (χ1n) is 8.30. The Labute approximate surface area is 143 Å². The van der Waals surface area contributed by atoms with E-state index in [1.807, 2.05) is 26.0 Å². The summed E-state index contributed by atoms with van der Waals surface area (Å²) in [6.07, 6.45) is 0.643. The largest absolute Gasteiger partial charge is 0.494 e. The van der Waals surface area contributed by atoms with E-state index in [2.05, 4.69) is 6.92 Å². The van der Waals surface area contributed by atoms with E-state index in [0.717, 1.165) is 12.2 Å². The van der Waals surface area contributed by atoms with E-state index >= 15 is 0 Å². The minimum atomic E-state index is -0.313. The molecule has 2 aromatic carbocycles. The highest BCUT2D eigenvalue weighted by molar-refractivity contribution is 6.09. The predicted molar refractivity (Wildman–Crippen MR) is 93.8 cm³/mol. The van der Waals surface area contributed by atoms with E-state index in [1.54, 1.807) is 36.4 Å². The third-order valence-electron chi connectivity index (χ3n) is 3.41. The van der Waals surface area contributed by atoms with Crippen LogP contribution in [0.25, 0.3) is 0 Å². The normalized spacial score (nSPS) is 11.8. The van der Waals surface area contributed by atoms with Crippen molar-refractivity contribution in [1.29, 1.82) is 0 Å². The zero-order valence-corrected chi connectivity index (χ0v) is 14.5. The lowest BCUT2D eigenvalue weighted by Crippen LogP contribution is -2.15. The molecule has 0 fully saturated rings. The van der Waals surface area contributed by atoms with Gasteiger partial charge in [-0.05, 0) is 68.8 Å². The second kappa shape index (κ2) is 9.08. The van der Waals surface area contributed by atoms with Crippen molar-refractivity contribution >= 4 is 5.78 Å². The summed E-state index contributed by atoms with van der Waals surface area (Å²) < 4.78 is 16.5. The van der Waals surface area contributed by atoms with Gasteiger partial charge in [-0.1, -0.05) is 6.92 Å². The molecule has 24 heavy (non-hydrogen) atoms. The molecule has 2 aromatic rings. The van der Waals surface area contributed by atoms with Gasteiger partial charge >= 0.3 is 0 Å². The Hall–Kier alpha value is -2.33. The average Bonchev–Trinajstić information content (AvgIpc) is 2.60. The number of ketones is 1. The fraction of sp³-hybridized carbons (Fsp3) is 0.350. The Morgan fingerprint density at radius 1 is 0.917 bits per heavy atom. The molecule has 0 aliphatic carbocycles. The van der Waals surface area contributed by atoms with Gasteiger partial charge < -0.3 is 14.2 Å². The third-order valence-corrected chi connectivity index (χ3v) is 3.41. The van der Waals surface area contributed by atoms with Crippen molar-refractivity contribution in [2.24, 2.45) is 0 Å². The van der Waals surface area contributed by atoms with Crippen molar-refractivity contribution in [1.82, 2.24) is 0 Å². The first-order valence-corrected chi connectivity index (χ1v) is 8.30. The molecule has 0 spiro atoms. The number of carbonyl (C=O) groups excluding carboxylic acids is 1. The van der Waals surface area contributed by atoms with Crippen molar-refractivity contribution in [2.45, 2.75) is 33.5 Å². The van der Waals surface area contributed by atoms with Crippen LogP contribution in [-0.2, 0) is 4.74 Å². The zero-order chi connectivity index (χ0) is 17.4. The van der Waals surface area contributed by atoms with Crippen molar-refractivity contribution in [3.63, 3.8) is 0 Å². The SMILES string of the molecule is CCCOc1ccc(C(=O)c2ccc(OC(C)OCC)cc2)cc1. The van der Waals surface area contributed by atoms with Crippen LogP contribution in [0.1, 0.15) is 43.1 Å². The molecule has 0 radical (unpaired) electrons. The van der Waals surface area contributed by atoms with Crippen LogP contribution in [0, 0.1) is 0 Å². The van der Waals surface area contributed by atoms with Gasteiger partial charge in [-0.25, -0.2) is 0 Å². The summed E-state index contributed by atoms with van der Waals surface area (Å²) in [4.78, 5) is 12.5. The number of hydrogen-bond acceptors (Lipinski definition) is 4. The van der Waals surface area contributed by atoms with Crippen LogP contribution in [0.15, 0.2) is 48.5 Å². The topological polar surface area (TPSA) is 44.8 Å². The number of ether oxygens (including phenoxy) is 3. The second-order valence-electron chi connectivity index (χ2n) is 5.37. The Morgan fingerprint density at radius 3 is 1.96 bits per heavy atom. The lowest BCUT2D eigenvalue weighted by molar-refractivity contribution is -0.0613. The lowest BCUT2D eigenvalue weighted by Gasteiger charge is -2.14. The van der Waals surface area contributed by atoms with Gasteiger partial charge in [0.1, 0.15) is 11.5 Å². The summed E-state index contributed by atoms with van der Waals surface area (Å²) in [6, 6.07) is 14.3. The summed E-state index contributed by atoms with van der Waals surface area (Å²) in [7, 11) is 0. The summed E-state index contributed by atoms with van der Waals surface area (Å²) in [5.74, 6) is 1.43. The summed E-state index contributed by atoms with van der Waals surface area (Å²) >= 11 is 0. The van der Waals surface area contributed by atoms with Gasteiger partial charge in [-0.3, -0.25) is 4.79 Å². The molecule has 0 bridgehead atoms. The predicted octanol–water partition coefficient (Wildman–Crippen LogP) is 4.47. The molecule has 0 N–H and O–H groups in total. The van der Waals surface area contributed by atoms with Gasteiger partial charge in [0.05, 0.1) is 6.61 Å². The van der Waals surface area contributed by atoms with Crippen molar-refractivity contribution in [2.75, 3.05) is 13.2 Å². The smallest absolute Gasteiger partial charge is 0.196 e. The standard InChI is InChI=1S/C20H24O4/c1-4-14-23-18-10-6-16(7-11-18)20(21)17-8-12-19(13-9-17)24-15(3)22-5-2/h6-13,15H,4-5,14H2,1-3H3. The number of benzene rings is 2. The Morgan fingerprint density at radius 2 is 1.46 bits per heavy atom. The first-order chi connectivity index (χ1) is 11.6. The van der Waals surface area contributed by atoms with Crippen molar-refractivity contribution in [3.8, 4) is 11.5 Å². The number of hydrogen-bond donors (Lipinski definition) is 0. The van der Waals surface area contributed by atoms with E-state index in [9.17, 15) is 4.79 Å². The molecular formula is C20H24O4. The van der Waals surface area contributed by atoms with Crippen LogP contribution in [0.5, 0.6) is 11.5 Å². The van der Waals surface area contributed by atoms with Gasteiger partial charge in [0.2, 0.25) is 0 Å². The zero-order valence-electron chi connectivity index (χ0n) is 14.5. The van der Waals surface area contributed by atoms with Crippen LogP contribution in [-0.4, -0.2) is 25.3 Å². The molecule has 0 amide bonds. The molecule has 0 aromatic heterocycles. The van der Waals surface area contributed by atoms with E-state index < -0.39 is 0 Å². The molecular weight excluding hydrogens is 304 g/mol. The van der Waals surface area contributed by atoms with E-state index in [0.29, 0.717) is 30.1 Å². The molecule has 4 heteroatoms. The summed E-state index contributed by atoms with van der Waals surface area (Å²) in [5.41, 5.74) is 1.25. The van der Waals surface area contributed by atoms with Crippen LogP contribution in [0.2, 0.25) is 0 Å². The number of carbonyl (C=O) groups is 1. The van der Waals surface area contributed by atoms with Crippen LogP contribution in [0.3, 0.4) is 0 Å². The molecule has 128 valence electrons. The molecule has 0 saturated heterocycles. The highest BCUT2D eigenvalue weighted by atomic mass is 16.7. The Bertz CT molecular complexity index is 632. The number of rotatable bonds is 9. The monoisotopic (exact) mass is 328 g/mol. The first kappa shape index (κ1) is 18.0. The molecule has 0 heterocycles. The molecule has 0 aliphatic rings. The Kier molecular flexibility index (Phi) is 6.82. The average molecular weight is 328 g/mol. The summed E-state index contributed by atoms with van der Waals surface area (Å²) in [5, 5.41) is 0. The van der Waals surface area contributed by atoms with Gasteiger partial charge in [0, 0.05) is 17.7 Å². The second-order valence-corrected chi connectivity index (χ2v) is 5.37. The van der Waals surface area contributed by atoms with E-state index in [4.69, 9.17) is 14.2 Å². The molecule has 1 unspecified atom stereocenters. The van der Waals surface area contributed by atoms with Crippen LogP contribution in [0.4, 0.5) is 0 Å². The minimum absolute atomic E-state index is 0.0264. The molecule has 4 nitrogen and oxygen atoms in total. The lowest BCUT2D eigenvalue weighted by atomic mass is 10.0. The Balaban J connectivity index is 2.01. The fourth-order valence-corrected chi connectivity index (χ4v) is 2.23. The minimum Gasteiger partial charge on any atom is -0.494 e. The summed E-state index contributed by atoms with van der Waals surface area (Å²) in [6.45, 7) is 7.08. The van der Waals surface area contributed by atoms with Crippen molar-refractivity contribution in [3.05, 3.63) is 59.7 Å². The van der Waals surface area contributed by atoms with Gasteiger partial charge in [0.25, 0.3) is 0 Å². The van der Waals surface area contributed by atoms with Gasteiger partial charge in [-0.2, -0.15) is 0 Å². The molecule has 0 saturated carbocycles. The maximum atomic E-state index is 12.5. The van der Waals surface area contributed by atoms with E-state index in [-0.39, 0.29) is 12.1 Å². The molecule has 1 atom stereocenters. The molecule has 2 rings (SSSR count). The van der Waals surface area contributed by atoms with E-state index in [1.165, 1.54) is 0 Å². The quantitative estimate of drug-likeness (QED) is 0.503.